The molecule has 25 heavy (non-hydrogen) atoms. The lowest BCUT2D eigenvalue weighted by atomic mass is 10.0. The van der Waals surface area contributed by atoms with Crippen LogP contribution in [0.25, 0.3) is 0 Å². The van der Waals surface area contributed by atoms with Gasteiger partial charge in [0, 0.05) is 24.6 Å². The second-order valence-electron chi connectivity index (χ2n) is 5.82. The summed E-state index contributed by atoms with van der Waals surface area (Å²) < 4.78 is 0. The van der Waals surface area contributed by atoms with E-state index in [1.165, 1.54) is 19.1 Å². The molecule has 2 rings (SSSR count). The quantitative estimate of drug-likeness (QED) is 0.752. The molecule has 0 saturated carbocycles. The van der Waals surface area contributed by atoms with E-state index in [0.29, 0.717) is 11.3 Å². The number of benzene rings is 2. The van der Waals surface area contributed by atoms with Crippen LogP contribution in [-0.4, -0.2) is 28.9 Å². The van der Waals surface area contributed by atoms with Gasteiger partial charge in [-0.2, -0.15) is 0 Å². The number of aliphatic carboxylic acids is 1. The monoisotopic (exact) mass is 340 g/mol. The Bertz CT molecular complexity index is 784. The number of hydrogen-bond donors (Lipinski definition) is 3. The smallest absolute Gasteiger partial charge is 0.326 e. The molecule has 2 amide bonds. The van der Waals surface area contributed by atoms with Crippen LogP contribution in [0, 0.1) is 6.92 Å². The second-order valence-corrected chi connectivity index (χ2v) is 5.82. The van der Waals surface area contributed by atoms with Gasteiger partial charge in [0.2, 0.25) is 5.91 Å². The highest BCUT2D eigenvalue weighted by Gasteiger charge is 2.21. The van der Waals surface area contributed by atoms with Crippen LogP contribution in [0.5, 0.6) is 0 Å². The highest BCUT2D eigenvalue weighted by molar-refractivity contribution is 5.97. The van der Waals surface area contributed by atoms with Crippen molar-refractivity contribution in [1.29, 1.82) is 0 Å². The Balaban J connectivity index is 2.07. The Morgan fingerprint density at radius 3 is 2.32 bits per heavy atom. The largest absolute Gasteiger partial charge is 0.480 e. The van der Waals surface area contributed by atoms with Crippen LogP contribution in [-0.2, 0) is 16.0 Å². The summed E-state index contributed by atoms with van der Waals surface area (Å²) in [7, 11) is 0. The Morgan fingerprint density at radius 1 is 1.08 bits per heavy atom. The van der Waals surface area contributed by atoms with E-state index in [1.807, 2.05) is 31.2 Å². The maximum atomic E-state index is 12.3. The molecule has 0 fully saturated rings. The molecule has 2 aromatic carbocycles. The Labute approximate surface area is 145 Å². The first kappa shape index (κ1) is 18.2. The van der Waals surface area contributed by atoms with Gasteiger partial charge < -0.3 is 15.7 Å². The summed E-state index contributed by atoms with van der Waals surface area (Å²) in [5.74, 6) is -1.78. The molecule has 0 aromatic heterocycles. The van der Waals surface area contributed by atoms with Gasteiger partial charge in [-0.05, 0) is 36.8 Å². The van der Waals surface area contributed by atoms with E-state index in [2.05, 4.69) is 10.6 Å². The molecule has 3 N–H and O–H groups in total. The number of amides is 2. The van der Waals surface area contributed by atoms with Gasteiger partial charge in [-0.1, -0.05) is 29.8 Å². The predicted molar refractivity (Wildman–Crippen MR) is 94.5 cm³/mol. The van der Waals surface area contributed by atoms with Gasteiger partial charge in [0.05, 0.1) is 0 Å². The molecule has 0 aliphatic carbocycles. The first-order valence-electron chi connectivity index (χ1n) is 7.82. The van der Waals surface area contributed by atoms with Gasteiger partial charge in [-0.3, -0.25) is 9.59 Å². The topological polar surface area (TPSA) is 95.5 Å². The van der Waals surface area contributed by atoms with Gasteiger partial charge in [-0.15, -0.1) is 0 Å². The maximum Gasteiger partial charge on any atom is 0.326 e. The van der Waals surface area contributed by atoms with Crippen LogP contribution in [0.3, 0.4) is 0 Å². The highest BCUT2D eigenvalue weighted by Crippen LogP contribution is 2.11. The van der Waals surface area contributed by atoms with Crippen molar-refractivity contribution in [3.8, 4) is 0 Å². The number of aryl methyl sites for hydroxylation is 1. The predicted octanol–water partition coefficient (Wildman–Crippen LogP) is 2.38. The van der Waals surface area contributed by atoms with Gasteiger partial charge in [0.1, 0.15) is 6.04 Å². The molecule has 0 unspecified atom stereocenters. The van der Waals surface area contributed by atoms with Crippen LogP contribution < -0.4 is 10.6 Å². The molecule has 0 heterocycles. The average Bonchev–Trinajstić information content (AvgIpc) is 2.54. The van der Waals surface area contributed by atoms with Crippen LogP contribution in [0.4, 0.5) is 5.69 Å². The van der Waals surface area contributed by atoms with Gasteiger partial charge >= 0.3 is 5.97 Å². The number of carbonyl (C=O) groups excluding carboxylic acids is 2. The SMILES string of the molecule is CC(=O)Nc1ccc(C(=O)N[C@@H](Cc2cccc(C)c2)C(=O)O)cc1. The molecule has 0 saturated heterocycles. The number of carbonyl (C=O) groups is 3. The van der Waals surface area contributed by atoms with Gasteiger partial charge in [0.15, 0.2) is 0 Å². The molecule has 0 aliphatic rings. The molecule has 0 spiro atoms. The molecule has 0 radical (unpaired) electrons. The maximum absolute atomic E-state index is 12.3. The lowest BCUT2D eigenvalue weighted by molar-refractivity contribution is -0.139. The van der Waals surface area contributed by atoms with Crippen LogP contribution in [0.15, 0.2) is 48.5 Å². The van der Waals surface area contributed by atoms with Crippen molar-refractivity contribution in [1.82, 2.24) is 5.32 Å². The summed E-state index contributed by atoms with van der Waals surface area (Å²) in [6, 6.07) is 12.7. The summed E-state index contributed by atoms with van der Waals surface area (Å²) in [5, 5.41) is 14.5. The first-order valence-corrected chi connectivity index (χ1v) is 7.82. The van der Waals surface area contributed by atoms with Crippen molar-refractivity contribution >= 4 is 23.5 Å². The third kappa shape index (κ3) is 5.46. The zero-order valence-electron chi connectivity index (χ0n) is 14.1. The Kier molecular flexibility index (Phi) is 5.89. The lowest BCUT2D eigenvalue weighted by Gasteiger charge is -2.15. The number of rotatable bonds is 6. The van der Waals surface area contributed by atoms with Crippen LogP contribution >= 0.6 is 0 Å². The summed E-state index contributed by atoms with van der Waals surface area (Å²) in [5.41, 5.74) is 2.76. The zero-order valence-corrected chi connectivity index (χ0v) is 14.1. The second kappa shape index (κ2) is 8.10. The van der Waals surface area contributed by atoms with Crippen molar-refractivity contribution in [2.75, 3.05) is 5.32 Å². The fourth-order valence-corrected chi connectivity index (χ4v) is 2.42. The molecule has 0 aliphatic heterocycles. The van der Waals surface area contributed by atoms with E-state index >= 15 is 0 Å². The fraction of sp³-hybridized carbons (Fsp3) is 0.211. The Morgan fingerprint density at radius 2 is 1.76 bits per heavy atom. The van der Waals surface area contributed by atoms with Crippen molar-refractivity contribution in [3.05, 3.63) is 65.2 Å². The number of hydrogen-bond acceptors (Lipinski definition) is 3. The summed E-state index contributed by atoms with van der Waals surface area (Å²) in [6.07, 6.45) is 0.201. The molecular formula is C19H20N2O4. The van der Waals surface area contributed by atoms with E-state index in [9.17, 15) is 19.5 Å². The number of carboxylic acids is 1. The summed E-state index contributed by atoms with van der Waals surface area (Å²) in [4.78, 5) is 34.8. The van der Waals surface area contributed by atoms with Gasteiger partial charge in [0.25, 0.3) is 5.91 Å². The van der Waals surface area contributed by atoms with E-state index < -0.39 is 17.9 Å². The van der Waals surface area contributed by atoms with Crippen molar-refractivity contribution < 1.29 is 19.5 Å². The fourth-order valence-electron chi connectivity index (χ4n) is 2.42. The van der Waals surface area contributed by atoms with E-state index in [0.717, 1.165) is 11.1 Å². The minimum absolute atomic E-state index is 0.201. The van der Waals surface area contributed by atoms with E-state index in [4.69, 9.17) is 0 Å². The van der Waals surface area contributed by atoms with E-state index in [-0.39, 0.29) is 12.3 Å². The van der Waals surface area contributed by atoms with Crippen molar-refractivity contribution in [3.63, 3.8) is 0 Å². The normalized spacial score (nSPS) is 11.4. The molecule has 1 atom stereocenters. The minimum atomic E-state index is -1.09. The standard InChI is InChI=1S/C19H20N2O4/c1-12-4-3-5-14(10-12)11-17(19(24)25)21-18(23)15-6-8-16(9-7-15)20-13(2)22/h3-10,17H,11H2,1-2H3,(H,20,22)(H,21,23)(H,24,25)/t17-/m0/s1. The van der Waals surface area contributed by atoms with Gasteiger partial charge in [-0.25, -0.2) is 4.79 Å². The minimum Gasteiger partial charge on any atom is -0.480 e. The molecule has 6 heteroatoms. The molecule has 2 aromatic rings. The third-order valence-electron chi connectivity index (χ3n) is 3.59. The summed E-state index contributed by atoms with van der Waals surface area (Å²) >= 11 is 0. The van der Waals surface area contributed by atoms with Crippen molar-refractivity contribution in [2.24, 2.45) is 0 Å². The van der Waals surface area contributed by atoms with Crippen LogP contribution in [0.2, 0.25) is 0 Å². The lowest BCUT2D eigenvalue weighted by Crippen LogP contribution is -2.42. The zero-order chi connectivity index (χ0) is 18.4. The van der Waals surface area contributed by atoms with E-state index in [1.54, 1.807) is 12.1 Å². The van der Waals surface area contributed by atoms with Crippen LogP contribution in [0.1, 0.15) is 28.4 Å². The molecule has 0 bridgehead atoms. The average molecular weight is 340 g/mol. The third-order valence-corrected chi connectivity index (χ3v) is 3.59. The summed E-state index contributed by atoms with van der Waals surface area (Å²) in [6.45, 7) is 3.32. The number of carboxylic acid groups (broad SMARTS) is 1. The number of nitrogens with one attached hydrogen (secondary N) is 2. The molecule has 6 nitrogen and oxygen atoms in total. The molecular weight excluding hydrogens is 320 g/mol. The van der Waals surface area contributed by atoms with Crippen molar-refractivity contribution in [2.45, 2.75) is 26.3 Å². The number of anilines is 1. The Hall–Kier alpha value is -3.15. The molecule has 130 valence electrons. The highest BCUT2D eigenvalue weighted by atomic mass is 16.4. The first-order chi connectivity index (χ1) is 11.8.